The summed E-state index contributed by atoms with van der Waals surface area (Å²) in [5.41, 5.74) is 5.43. The van der Waals surface area contributed by atoms with E-state index in [0.29, 0.717) is 18.8 Å². The van der Waals surface area contributed by atoms with Gasteiger partial charge in [-0.3, -0.25) is 0 Å². The van der Waals surface area contributed by atoms with Crippen molar-refractivity contribution in [3.8, 4) is 0 Å². The van der Waals surface area contributed by atoms with Crippen LogP contribution in [0.25, 0.3) is 0 Å². The van der Waals surface area contributed by atoms with Gasteiger partial charge in [-0.25, -0.2) is 4.39 Å². The number of ether oxygens (including phenoxy) is 1. The Bertz CT molecular complexity index is 624. The molecule has 1 aliphatic rings. The van der Waals surface area contributed by atoms with Crippen LogP contribution >= 0.6 is 15.9 Å². The van der Waals surface area contributed by atoms with Crippen molar-refractivity contribution in [2.45, 2.75) is 25.0 Å². The maximum absolute atomic E-state index is 13.3. The molecular weight excluding hydrogens is 307 g/mol. The molecule has 0 fully saturated rings. The molecule has 98 valence electrons. The summed E-state index contributed by atoms with van der Waals surface area (Å²) >= 11 is 3.70. The van der Waals surface area contributed by atoms with Crippen molar-refractivity contribution in [2.75, 3.05) is 0 Å². The van der Waals surface area contributed by atoms with Gasteiger partial charge < -0.3 is 4.74 Å². The second-order valence-corrected chi connectivity index (χ2v) is 5.81. The highest BCUT2D eigenvalue weighted by atomic mass is 79.9. The molecule has 1 atom stereocenters. The van der Waals surface area contributed by atoms with Crippen LogP contribution in [0.5, 0.6) is 0 Å². The van der Waals surface area contributed by atoms with Crippen LogP contribution in [-0.2, 0) is 18.0 Å². The lowest BCUT2D eigenvalue weighted by Crippen LogP contribution is -1.96. The highest BCUT2D eigenvalue weighted by Crippen LogP contribution is 2.34. The fraction of sp³-hybridized carbons (Fsp3) is 0.250. The van der Waals surface area contributed by atoms with Gasteiger partial charge in [0, 0.05) is 0 Å². The van der Waals surface area contributed by atoms with Crippen molar-refractivity contribution in [1.82, 2.24) is 0 Å². The molecule has 0 aliphatic carbocycles. The van der Waals surface area contributed by atoms with Crippen molar-refractivity contribution in [3.63, 3.8) is 0 Å². The van der Waals surface area contributed by atoms with Crippen molar-refractivity contribution < 1.29 is 9.13 Å². The first kappa shape index (κ1) is 12.8. The Balaban J connectivity index is 1.94. The van der Waals surface area contributed by atoms with E-state index in [2.05, 4.69) is 34.1 Å². The summed E-state index contributed by atoms with van der Waals surface area (Å²) in [4.78, 5) is 0.0812. The molecule has 2 aromatic carbocycles. The van der Waals surface area contributed by atoms with Crippen molar-refractivity contribution in [1.29, 1.82) is 0 Å². The maximum Gasteiger partial charge on any atom is 0.126 e. The van der Waals surface area contributed by atoms with Crippen molar-refractivity contribution in [2.24, 2.45) is 0 Å². The molecule has 0 saturated carbocycles. The smallest absolute Gasteiger partial charge is 0.126 e. The van der Waals surface area contributed by atoms with E-state index in [4.69, 9.17) is 4.74 Å². The summed E-state index contributed by atoms with van der Waals surface area (Å²) in [6.07, 6.45) is 0. The number of fused-ring (bicyclic) bond motifs is 1. The van der Waals surface area contributed by atoms with Gasteiger partial charge in [-0.1, -0.05) is 46.3 Å². The van der Waals surface area contributed by atoms with E-state index in [0.717, 1.165) is 5.56 Å². The highest BCUT2D eigenvalue weighted by Gasteiger charge is 2.16. The van der Waals surface area contributed by atoms with Crippen molar-refractivity contribution in [3.05, 3.63) is 70.0 Å². The van der Waals surface area contributed by atoms with Gasteiger partial charge in [0.2, 0.25) is 0 Å². The minimum atomic E-state index is -0.161. The highest BCUT2D eigenvalue weighted by molar-refractivity contribution is 9.09. The molecule has 1 heterocycles. The molecular formula is C16H14BrFO. The van der Waals surface area contributed by atoms with Gasteiger partial charge in [0.25, 0.3) is 0 Å². The molecule has 0 radical (unpaired) electrons. The lowest BCUT2D eigenvalue weighted by Gasteiger charge is -2.13. The molecule has 0 bridgehead atoms. The zero-order valence-electron chi connectivity index (χ0n) is 10.6. The van der Waals surface area contributed by atoms with Gasteiger partial charge in [0.1, 0.15) is 5.82 Å². The fourth-order valence-corrected chi connectivity index (χ4v) is 2.94. The van der Waals surface area contributed by atoms with Gasteiger partial charge in [-0.05, 0) is 40.8 Å². The molecule has 0 saturated heterocycles. The molecule has 2 aromatic rings. The molecule has 0 N–H and O–H groups in total. The normalized spacial score (nSPS) is 15.3. The first-order chi connectivity index (χ1) is 9.15. The first-order valence-corrected chi connectivity index (χ1v) is 7.16. The van der Waals surface area contributed by atoms with Crippen molar-refractivity contribution >= 4 is 15.9 Å². The van der Waals surface area contributed by atoms with E-state index in [1.54, 1.807) is 6.92 Å². The topological polar surface area (TPSA) is 9.23 Å². The number of alkyl halides is 1. The quantitative estimate of drug-likeness (QED) is 0.732. The van der Waals surface area contributed by atoms with Gasteiger partial charge in [-0.15, -0.1) is 0 Å². The molecule has 3 heteroatoms. The Morgan fingerprint density at radius 2 is 1.74 bits per heavy atom. The molecule has 19 heavy (non-hydrogen) atoms. The van der Waals surface area contributed by atoms with Crippen LogP contribution in [0.2, 0.25) is 0 Å². The average molecular weight is 321 g/mol. The largest absolute Gasteiger partial charge is 0.372 e. The van der Waals surface area contributed by atoms with Gasteiger partial charge in [0.15, 0.2) is 0 Å². The molecule has 0 aromatic heterocycles. The Labute approximate surface area is 120 Å². The Hall–Kier alpha value is -1.19. The Kier molecular flexibility index (Phi) is 3.42. The summed E-state index contributed by atoms with van der Waals surface area (Å²) < 4.78 is 18.7. The first-order valence-electron chi connectivity index (χ1n) is 6.25. The van der Waals surface area contributed by atoms with Crippen LogP contribution in [-0.4, -0.2) is 0 Å². The van der Waals surface area contributed by atoms with E-state index in [1.807, 2.05) is 12.1 Å². The molecule has 0 spiro atoms. The van der Waals surface area contributed by atoms with E-state index in [9.17, 15) is 4.39 Å². The van der Waals surface area contributed by atoms with Gasteiger partial charge in [0.05, 0.1) is 18.0 Å². The number of halogens is 2. The summed E-state index contributed by atoms with van der Waals surface area (Å²) in [7, 11) is 0. The second kappa shape index (κ2) is 5.06. The average Bonchev–Trinajstić information content (AvgIpc) is 2.88. The van der Waals surface area contributed by atoms with Gasteiger partial charge in [-0.2, -0.15) is 0 Å². The van der Waals surface area contributed by atoms with Crippen LogP contribution in [0.4, 0.5) is 4.39 Å². The number of aryl methyl sites for hydroxylation is 1. The van der Waals surface area contributed by atoms with Crippen LogP contribution in [0.3, 0.4) is 0 Å². The van der Waals surface area contributed by atoms with E-state index in [-0.39, 0.29) is 10.6 Å². The SMILES string of the molecule is Cc1cc(C(Br)c2ccc3c(c2)COC3)ccc1F. The molecule has 1 unspecified atom stereocenters. The summed E-state index contributed by atoms with van der Waals surface area (Å²) in [6, 6.07) is 11.6. The monoisotopic (exact) mass is 320 g/mol. The molecule has 1 nitrogen and oxygen atoms in total. The van der Waals surface area contributed by atoms with Crippen LogP contribution in [0.1, 0.15) is 32.6 Å². The van der Waals surface area contributed by atoms with Gasteiger partial charge >= 0.3 is 0 Å². The molecule has 1 aliphatic heterocycles. The third kappa shape index (κ3) is 2.45. The minimum absolute atomic E-state index is 0.0812. The summed E-state index contributed by atoms with van der Waals surface area (Å²) in [5, 5.41) is 0. The fourth-order valence-electron chi connectivity index (χ4n) is 2.37. The maximum atomic E-state index is 13.3. The molecule has 0 amide bonds. The predicted molar refractivity (Wildman–Crippen MR) is 76.8 cm³/mol. The molecule has 3 rings (SSSR count). The van der Waals surface area contributed by atoms with E-state index >= 15 is 0 Å². The zero-order valence-corrected chi connectivity index (χ0v) is 12.2. The Morgan fingerprint density at radius 3 is 2.53 bits per heavy atom. The Morgan fingerprint density at radius 1 is 1.05 bits per heavy atom. The third-order valence-electron chi connectivity index (χ3n) is 3.51. The standard InChI is InChI=1S/C16H14BrFO/c1-10-6-11(4-5-15(10)18)16(17)12-2-3-13-8-19-9-14(13)7-12/h2-7,16H,8-9H2,1H3. The van der Waals surface area contributed by atoms with Crippen LogP contribution in [0, 0.1) is 12.7 Å². The number of rotatable bonds is 2. The number of hydrogen-bond acceptors (Lipinski definition) is 1. The predicted octanol–water partition coefficient (Wildman–Crippen LogP) is 4.65. The van der Waals surface area contributed by atoms with Crippen LogP contribution in [0.15, 0.2) is 36.4 Å². The van der Waals surface area contributed by atoms with E-state index in [1.165, 1.54) is 22.8 Å². The van der Waals surface area contributed by atoms with Crippen LogP contribution < -0.4 is 0 Å². The summed E-state index contributed by atoms with van der Waals surface area (Å²) in [5.74, 6) is -0.161. The second-order valence-electron chi connectivity index (χ2n) is 4.89. The number of hydrogen-bond donors (Lipinski definition) is 0. The lowest BCUT2D eigenvalue weighted by molar-refractivity contribution is 0.134. The summed E-state index contributed by atoms with van der Waals surface area (Å²) in [6.45, 7) is 3.18. The number of benzene rings is 2. The lowest BCUT2D eigenvalue weighted by atomic mass is 9.99. The zero-order chi connectivity index (χ0) is 13.4. The minimum Gasteiger partial charge on any atom is -0.372 e. The van der Waals surface area contributed by atoms with E-state index < -0.39 is 0 Å². The third-order valence-corrected chi connectivity index (χ3v) is 4.57.